The van der Waals surface area contributed by atoms with Gasteiger partial charge in [0.2, 0.25) is 0 Å². The summed E-state index contributed by atoms with van der Waals surface area (Å²) in [5.41, 5.74) is 0.773. The number of benzene rings is 1. The van der Waals surface area contributed by atoms with E-state index in [-0.39, 0.29) is 11.5 Å². The van der Waals surface area contributed by atoms with Crippen molar-refractivity contribution in [2.75, 3.05) is 19.6 Å². The third-order valence-electron chi connectivity index (χ3n) is 4.85. The molecule has 1 amide bonds. The monoisotopic (exact) mass is 302 g/mol. The van der Waals surface area contributed by atoms with Crippen LogP contribution in [0.1, 0.15) is 46.9 Å². The van der Waals surface area contributed by atoms with E-state index in [0.717, 1.165) is 19.6 Å². The molecule has 1 aromatic carbocycles. The first-order valence-corrected chi connectivity index (χ1v) is 7.94. The third-order valence-corrected chi connectivity index (χ3v) is 4.85. The lowest BCUT2D eigenvalue weighted by Crippen LogP contribution is -2.63. The van der Waals surface area contributed by atoms with Crippen molar-refractivity contribution >= 4 is 11.9 Å². The van der Waals surface area contributed by atoms with Crippen molar-refractivity contribution in [3.8, 4) is 0 Å². The molecule has 1 aromatic rings. The van der Waals surface area contributed by atoms with Crippen LogP contribution >= 0.6 is 0 Å². The van der Waals surface area contributed by atoms with E-state index in [9.17, 15) is 9.59 Å². The lowest BCUT2D eigenvalue weighted by Gasteiger charge is -2.49. The van der Waals surface area contributed by atoms with E-state index < -0.39 is 5.97 Å². The van der Waals surface area contributed by atoms with E-state index in [1.54, 1.807) is 12.1 Å². The van der Waals surface area contributed by atoms with Crippen LogP contribution in [-0.4, -0.2) is 58.5 Å². The number of hydrogen-bond donors (Lipinski definition) is 1. The maximum atomic E-state index is 12.4. The summed E-state index contributed by atoms with van der Waals surface area (Å²) in [6.07, 6.45) is 3.81. The summed E-state index contributed by atoms with van der Waals surface area (Å²) in [5, 5.41) is 8.88. The van der Waals surface area contributed by atoms with Gasteiger partial charge in [-0.25, -0.2) is 4.79 Å². The van der Waals surface area contributed by atoms with Gasteiger partial charge in [-0.15, -0.1) is 0 Å². The molecule has 0 bridgehead atoms. The quantitative estimate of drug-likeness (QED) is 0.928. The number of hydrogen-bond acceptors (Lipinski definition) is 3. The molecule has 0 spiro atoms. The van der Waals surface area contributed by atoms with Crippen LogP contribution in [0.15, 0.2) is 24.3 Å². The first-order valence-electron chi connectivity index (χ1n) is 7.94. The minimum absolute atomic E-state index is 0.00199. The van der Waals surface area contributed by atoms with Gasteiger partial charge in [0.1, 0.15) is 0 Å². The SMILES string of the molecule is C[C@@H]1CCCCN1C1CN(C(=O)c2ccc(C(=O)O)cc2)C1. The first kappa shape index (κ1) is 15.0. The second kappa shape index (κ2) is 6.08. The Morgan fingerprint density at radius 2 is 1.73 bits per heavy atom. The number of piperidine rings is 1. The van der Waals surface area contributed by atoms with Crippen LogP contribution < -0.4 is 0 Å². The fourth-order valence-corrected chi connectivity index (χ4v) is 3.43. The van der Waals surface area contributed by atoms with Gasteiger partial charge in [0.15, 0.2) is 0 Å². The second-order valence-corrected chi connectivity index (χ2v) is 6.33. The summed E-state index contributed by atoms with van der Waals surface area (Å²) in [7, 11) is 0. The van der Waals surface area contributed by atoms with E-state index in [4.69, 9.17) is 5.11 Å². The Morgan fingerprint density at radius 1 is 1.09 bits per heavy atom. The minimum Gasteiger partial charge on any atom is -0.478 e. The number of amides is 1. The fourth-order valence-electron chi connectivity index (χ4n) is 3.43. The number of nitrogens with zero attached hydrogens (tertiary/aromatic N) is 2. The van der Waals surface area contributed by atoms with Crippen molar-refractivity contribution in [3.63, 3.8) is 0 Å². The van der Waals surface area contributed by atoms with Gasteiger partial charge in [-0.05, 0) is 50.6 Å². The zero-order valence-electron chi connectivity index (χ0n) is 12.9. The summed E-state index contributed by atoms with van der Waals surface area (Å²) in [6.45, 7) is 4.98. The first-order chi connectivity index (χ1) is 10.6. The Bertz CT molecular complexity index is 564. The highest BCUT2D eigenvalue weighted by Gasteiger charge is 2.37. The van der Waals surface area contributed by atoms with Gasteiger partial charge in [-0.1, -0.05) is 6.42 Å². The van der Waals surface area contributed by atoms with Gasteiger partial charge in [-0.2, -0.15) is 0 Å². The highest BCUT2D eigenvalue weighted by molar-refractivity contribution is 5.96. The number of carboxylic acids is 1. The molecule has 0 radical (unpaired) electrons. The molecule has 2 aliphatic heterocycles. The van der Waals surface area contributed by atoms with Gasteiger partial charge < -0.3 is 10.0 Å². The summed E-state index contributed by atoms with van der Waals surface area (Å²) in [5.74, 6) is -0.972. The van der Waals surface area contributed by atoms with Crippen LogP contribution in [0.3, 0.4) is 0 Å². The van der Waals surface area contributed by atoms with Crippen LogP contribution in [-0.2, 0) is 0 Å². The maximum Gasteiger partial charge on any atom is 0.335 e. The van der Waals surface area contributed by atoms with Gasteiger partial charge in [0.05, 0.1) is 5.56 Å². The Kier molecular flexibility index (Phi) is 4.16. The Morgan fingerprint density at radius 3 is 2.32 bits per heavy atom. The van der Waals surface area contributed by atoms with Crippen LogP contribution in [0.5, 0.6) is 0 Å². The predicted molar refractivity (Wildman–Crippen MR) is 83.1 cm³/mol. The van der Waals surface area contributed by atoms with Crippen LogP contribution in [0, 0.1) is 0 Å². The second-order valence-electron chi connectivity index (χ2n) is 6.33. The van der Waals surface area contributed by atoms with Gasteiger partial charge in [0.25, 0.3) is 5.91 Å². The van der Waals surface area contributed by atoms with Crippen LogP contribution in [0.2, 0.25) is 0 Å². The molecule has 118 valence electrons. The Labute approximate surface area is 130 Å². The molecule has 22 heavy (non-hydrogen) atoms. The average Bonchev–Trinajstić information content (AvgIpc) is 2.47. The molecule has 0 unspecified atom stereocenters. The van der Waals surface area contributed by atoms with E-state index in [1.807, 2.05) is 4.90 Å². The third kappa shape index (κ3) is 2.86. The molecule has 2 fully saturated rings. The molecule has 0 aromatic heterocycles. The van der Waals surface area contributed by atoms with Crippen molar-refractivity contribution in [1.29, 1.82) is 0 Å². The van der Waals surface area contributed by atoms with Gasteiger partial charge in [0, 0.05) is 30.7 Å². The van der Waals surface area contributed by atoms with E-state index in [0.29, 0.717) is 17.6 Å². The van der Waals surface area contributed by atoms with E-state index in [1.165, 1.54) is 31.4 Å². The smallest absolute Gasteiger partial charge is 0.335 e. The van der Waals surface area contributed by atoms with Gasteiger partial charge >= 0.3 is 5.97 Å². The van der Waals surface area contributed by atoms with Crippen LogP contribution in [0.25, 0.3) is 0 Å². The zero-order chi connectivity index (χ0) is 15.7. The highest BCUT2D eigenvalue weighted by atomic mass is 16.4. The standard InChI is InChI=1S/C17H22N2O3/c1-12-4-2-3-9-19(12)15-10-18(11-15)16(20)13-5-7-14(8-6-13)17(21)22/h5-8,12,15H,2-4,9-11H2,1H3,(H,21,22)/t12-/m1/s1. The summed E-state index contributed by atoms with van der Waals surface area (Å²) in [4.78, 5) is 27.6. The lowest BCUT2D eigenvalue weighted by atomic mass is 9.97. The molecule has 1 atom stereocenters. The van der Waals surface area contributed by atoms with Gasteiger partial charge in [-0.3, -0.25) is 9.69 Å². The number of rotatable bonds is 3. The Balaban J connectivity index is 1.57. The molecule has 5 heteroatoms. The molecule has 1 N–H and O–H groups in total. The normalized spacial score (nSPS) is 23.1. The number of carboxylic acid groups (broad SMARTS) is 1. The Hall–Kier alpha value is -1.88. The molecule has 0 aliphatic carbocycles. The van der Waals surface area contributed by atoms with E-state index >= 15 is 0 Å². The number of carbonyl (C=O) groups excluding carboxylic acids is 1. The largest absolute Gasteiger partial charge is 0.478 e. The fraction of sp³-hybridized carbons (Fsp3) is 0.529. The van der Waals surface area contributed by atoms with Crippen LogP contribution in [0.4, 0.5) is 0 Å². The summed E-state index contributed by atoms with van der Waals surface area (Å²) >= 11 is 0. The molecular formula is C17H22N2O3. The molecule has 3 rings (SSSR count). The zero-order valence-corrected chi connectivity index (χ0v) is 12.9. The molecule has 2 heterocycles. The summed E-state index contributed by atoms with van der Waals surface area (Å²) < 4.78 is 0. The number of carbonyl (C=O) groups is 2. The molecule has 2 aliphatic rings. The maximum absolute atomic E-state index is 12.4. The minimum atomic E-state index is -0.970. The molecule has 2 saturated heterocycles. The topological polar surface area (TPSA) is 60.9 Å². The van der Waals surface area contributed by atoms with Crippen molar-refractivity contribution < 1.29 is 14.7 Å². The van der Waals surface area contributed by atoms with Crippen molar-refractivity contribution in [3.05, 3.63) is 35.4 Å². The molecule has 0 saturated carbocycles. The average molecular weight is 302 g/mol. The highest BCUT2D eigenvalue weighted by Crippen LogP contribution is 2.25. The van der Waals surface area contributed by atoms with Crippen molar-refractivity contribution in [1.82, 2.24) is 9.80 Å². The number of likely N-dealkylation sites (tertiary alicyclic amines) is 2. The summed E-state index contributed by atoms with van der Waals surface area (Å²) in [6, 6.07) is 7.27. The number of aromatic carboxylic acids is 1. The molecule has 5 nitrogen and oxygen atoms in total. The molecular weight excluding hydrogens is 280 g/mol. The lowest BCUT2D eigenvalue weighted by molar-refractivity contribution is 0.00212. The van der Waals surface area contributed by atoms with Crippen molar-refractivity contribution in [2.45, 2.75) is 38.3 Å². The predicted octanol–water partition coefficient (Wildman–Crippen LogP) is 2.08. The van der Waals surface area contributed by atoms with E-state index in [2.05, 4.69) is 11.8 Å². The van der Waals surface area contributed by atoms with Crippen molar-refractivity contribution in [2.24, 2.45) is 0 Å².